The van der Waals surface area contributed by atoms with E-state index < -0.39 is 42.3 Å². The zero-order valence-electron chi connectivity index (χ0n) is 16.6. The van der Waals surface area contributed by atoms with Crippen LogP contribution in [-0.4, -0.2) is 46.9 Å². The van der Waals surface area contributed by atoms with Gasteiger partial charge in [0.15, 0.2) is 6.04 Å². The molecule has 1 heterocycles. The Hall–Kier alpha value is -2.67. The van der Waals surface area contributed by atoms with Crippen LogP contribution in [0.15, 0.2) is 48.5 Å². The number of carbonyl (C=O) groups excluding carboxylic acids is 3. The van der Waals surface area contributed by atoms with Gasteiger partial charge in [-0.15, -0.1) is 6.07 Å². The molecule has 3 rings (SSSR count). The fourth-order valence-electron chi connectivity index (χ4n) is 3.24. The molecule has 2 aromatic rings. The minimum atomic E-state index is -1.36. The number of quaternary nitrogens is 1. The molecule has 0 bridgehead atoms. The molecule has 2 atom stereocenters. The van der Waals surface area contributed by atoms with E-state index in [1.807, 2.05) is 0 Å². The molecule has 1 aliphatic heterocycles. The molecular formula is C21H22N4O5U. The van der Waals surface area contributed by atoms with Gasteiger partial charge in [0.2, 0.25) is 11.8 Å². The van der Waals surface area contributed by atoms with Gasteiger partial charge in [-0.3, -0.25) is 14.5 Å². The van der Waals surface area contributed by atoms with Crippen molar-refractivity contribution in [1.29, 1.82) is 0 Å². The monoisotopic (exact) mass is 648 g/mol. The number of rotatable bonds is 5. The van der Waals surface area contributed by atoms with Gasteiger partial charge in [0, 0.05) is 49.3 Å². The third-order valence-electron chi connectivity index (χ3n) is 4.87. The normalized spacial score (nSPS) is 17.1. The van der Waals surface area contributed by atoms with Crippen LogP contribution in [0, 0.1) is 43.1 Å². The number of aliphatic carboxylic acids is 1. The van der Waals surface area contributed by atoms with Crippen LogP contribution >= 0.6 is 0 Å². The van der Waals surface area contributed by atoms with Gasteiger partial charge in [0.05, 0.1) is 0 Å². The van der Waals surface area contributed by atoms with Crippen LogP contribution in [0.2, 0.25) is 0 Å². The number of benzene rings is 2. The largest absolute Gasteiger partial charge is 0.479 e. The van der Waals surface area contributed by atoms with Crippen molar-refractivity contribution < 1.29 is 61.1 Å². The number of nitrogens with one attached hydrogen (secondary N) is 2. The smallest absolute Gasteiger partial charge is 0.330 e. The summed E-state index contributed by atoms with van der Waals surface area (Å²) in [5.74, 6) is -3.04. The van der Waals surface area contributed by atoms with Crippen molar-refractivity contribution in [2.75, 3.05) is 13.1 Å². The molecule has 2 aromatic carbocycles. The van der Waals surface area contributed by atoms with Gasteiger partial charge in [-0.2, -0.15) is 18.2 Å². The van der Waals surface area contributed by atoms with E-state index in [1.54, 1.807) is 48.5 Å². The number of urea groups is 1. The van der Waals surface area contributed by atoms with Crippen molar-refractivity contribution in [3.63, 3.8) is 0 Å². The Balaban J connectivity index is 0.00000341. The molecule has 9 nitrogen and oxygen atoms in total. The Bertz CT molecular complexity index is 969. The van der Waals surface area contributed by atoms with Gasteiger partial charge >= 0.3 is 12.0 Å². The van der Waals surface area contributed by atoms with Gasteiger partial charge in [0.1, 0.15) is 6.54 Å². The molecule has 0 saturated carbocycles. The van der Waals surface area contributed by atoms with E-state index >= 15 is 0 Å². The molecule has 0 aromatic heterocycles. The summed E-state index contributed by atoms with van der Waals surface area (Å²) in [5.41, 5.74) is 5.77. The Morgan fingerprint density at radius 3 is 2.61 bits per heavy atom. The molecule has 0 aliphatic carbocycles. The van der Waals surface area contributed by atoms with Crippen molar-refractivity contribution in [1.82, 2.24) is 15.5 Å². The van der Waals surface area contributed by atoms with E-state index in [1.165, 1.54) is 0 Å². The third-order valence-corrected chi connectivity index (χ3v) is 4.87. The molecule has 0 spiro atoms. The molecule has 2 unspecified atom stereocenters. The molecule has 160 valence electrons. The second-order valence-corrected chi connectivity index (χ2v) is 6.96. The molecule has 1 saturated heterocycles. The maximum absolute atomic E-state index is 13.0. The predicted molar refractivity (Wildman–Crippen MR) is 105 cm³/mol. The van der Waals surface area contributed by atoms with Crippen LogP contribution in [0.25, 0.3) is 0 Å². The van der Waals surface area contributed by atoms with Gasteiger partial charge in [-0.1, -0.05) is 42.3 Å². The molecule has 1 aliphatic rings. The van der Waals surface area contributed by atoms with Crippen LogP contribution in [0.4, 0.5) is 10.5 Å². The van der Waals surface area contributed by atoms with E-state index in [0.29, 0.717) is 5.56 Å². The van der Waals surface area contributed by atoms with Crippen molar-refractivity contribution in [3.8, 4) is 0 Å². The molecule has 10 heteroatoms. The van der Waals surface area contributed by atoms with E-state index in [2.05, 4.69) is 22.4 Å². The van der Waals surface area contributed by atoms with E-state index in [4.69, 9.17) is 0 Å². The molecule has 31 heavy (non-hydrogen) atoms. The summed E-state index contributed by atoms with van der Waals surface area (Å²) in [5, 5.41) is 14.5. The summed E-state index contributed by atoms with van der Waals surface area (Å²) in [6.07, 6.45) is 0.264. The second kappa shape index (κ2) is 11.1. The minimum absolute atomic E-state index is 0. The summed E-state index contributed by atoms with van der Waals surface area (Å²) >= 11 is 0. The van der Waals surface area contributed by atoms with Gasteiger partial charge < -0.3 is 21.5 Å². The third kappa shape index (κ3) is 6.17. The van der Waals surface area contributed by atoms with Crippen LogP contribution < -0.4 is 16.4 Å². The maximum Gasteiger partial charge on any atom is 0.330 e. The standard InChI is InChI=1S/C21H21N4O5.U/c22-16-9-5-4-8-14(16)10-15-11-23-17(26)12-25(19(15)27)21(30)24-18(20(28)29)13-6-2-1-3-7-13;/h1-3,5-9,15,18H,10-12,22H2,(H,23,26)(H,24,30)(H,28,29);/q-1;/p+1. The Morgan fingerprint density at radius 1 is 1.26 bits per heavy atom. The van der Waals surface area contributed by atoms with Crippen LogP contribution in [0.1, 0.15) is 17.2 Å². The topological polar surface area (TPSA) is 143 Å². The number of carboxylic acid groups (broad SMARTS) is 1. The first kappa shape index (κ1) is 24.6. The summed E-state index contributed by atoms with van der Waals surface area (Å²) in [6.45, 7) is -0.419. The van der Waals surface area contributed by atoms with E-state index in [-0.39, 0.29) is 44.1 Å². The average Bonchev–Trinajstić information content (AvgIpc) is 2.87. The van der Waals surface area contributed by atoms with Gasteiger partial charge in [0.25, 0.3) is 0 Å². The molecule has 4 amide bonds. The van der Waals surface area contributed by atoms with Crippen molar-refractivity contribution in [2.24, 2.45) is 5.92 Å². The number of carboxylic acids is 1. The number of carbonyl (C=O) groups is 4. The van der Waals surface area contributed by atoms with Crippen LogP contribution in [-0.2, 0) is 20.8 Å². The van der Waals surface area contributed by atoms with Gasteiger partial charge in [-0.25, -0.2) is 9.59 Å². The summed E-state index contributed by atoms with van der Waals surface area (Å²) in [6, 6.07) is 13.9. The zero-order chi connectivity index (χ0) is 21.7. The predicted octanol–water partition coefficient (Wildman–Crippen LogP) is 0.0128. The summed E-state index contributed by atoms with van der Waals surface area (Å²) in [7, 11) is 0. The van der Waals surface area contributed by atoms with Crippen molar-refractivity contribution >= 4 is 29.5 Å². The molecular weight excluding hydrogens is 626 g/mol. The first-order valence-corrected chi connectivity index (χ1v) is 9.34. The maximum atomic E-state index is 13.0. The quantitative estimate of drug-likeness (QED) is 0.338. The number of amides is 4. The summed E-state index contributed by atoms with van der Waals surface area (Å²) in [4.78, 5) is 50.3. The minimum Gasteiger partial charge on any atom is -0.479 e. The first-order chi connectivity index (χ1) is 14.4. The van der Waals surface area contributed by atoms with Gasteiger partial charge in [-0.05, 0) is 5.56 Å². The Labute approximate surface area is 202 Å². The number of nitrogens with zero attached hydrogens (tertiary/aromatic N) is 1. The van der Waals surface area contributed by atoms with E-state index in [9.17, 15) is 24.3 Å². The SMILES string of the molecule is [NH3+]c1cc[c-]cc1CC1CNC(=O)CN(C(=O)NC(C(=O)O)c2ccccc2)C1=O.[U]. The number of hydrogen-bond acceptors (Lipinski definition) is 4. The zero-order valence-corrected chi connectivity index (χ0v) is 20.8. The average molecular weight is 648 g/mol. The van der Waals surface area contributed by atoms with Crippen LogP contribution in [0.3, 0.4) is 0 Å². The second-order valence-electron chi connectivity index (χ2n) is 6.96. The molecule has 6 N–H and O–H groups in total. The fraction of sp³-hybridized carbons (Fsp3) is 0.238. The number of imide groups is 1. The summed E-state index contributed by atoms with van der Waals surface area (Å²) < 4.78 is 0. The van der Waals surface area contributed by atoms with Crippen molar-refractivity contribution in [2.45, 2.75) is 12.5 Å². The number of hydrogen-bond donors (Lipinski definition) is 4. The Morgan fingerprint density at radius 2 is 1.97 bits per heavy atom. The molecule has 1 fully saturated rings. The van der Waals surface area contributed by atoms with Crippen molar-refractivity contribution in [3.05, 3.63) is 65.7 Å². The molecule has 0 radical (unpaired) electrons. The Kier molecular flexibility index (Phi) is 8.80. The first-order valence-electron chi connectivity index (χ1n) is 9.34. The fourth-order valence-corrected chi connectivity index (χ4v) is 3.24. The van der Waals surface area contributed by atoms with Crippen LogP contribution in [0.5, 0.6) is 0 Å². The van der Waals surface area contributed by atoms with E-state index in [0.717, 1.165) is 16.2 Å².